The summed E-state index contributed by atoms with van der Waals surface area (Å²) < 4.78 is 0. The zero-order chi connectivity index (χ0) is 13.9. The highest BCUT2D eigenvalue weighted by atomic mass is 32.1. The minimum absolute atomic E-state index is 0.485. The lowest BCUT2D eigenvalue weighted by molar-refractivity contribution is 0.109. The molecule has 19 heavy (non-hydrogen) atoms. The molecule has 0 unspecified atom stereocenters. The number of likely N-dealkylation sites (tertiary alicyclic amines) is 1. The Hall–Kier alpha value is -0.930. The van der Waals surface area contributed by atoms with Gasteiger partial charge in [0.1, 0.15) is 4.99 Å². The van der Waals surface area contributed by atoms with Gasteiger partial charge in [0.25, 0.3) is 0 Å². The molecule has 1 fully saturated rings. The fraction of sp³-hybridized carbons (Fsp3) is 0.562. The maximum absolute atomic E-state index is 5.69. The zero-order valence-corrected chi connectivity index (χ0v) is 12.8. The molecule has 1 aliphatic rings. The summed E-state index contributed by atoms with van der Waals surface area (Å²) in [6.07, 6.45) is 3.90. The molecule has 1 saturated heterocycles. The van der Waals surface area contributed by atoms with E-state index in [9.17, 15) is 0 Å². The Morgan fingerprint density at radius 3 is 2.63 bits per heavy atom. The van der Waals surface area contributed by atoms with Crippen molar-refractivity contribution in [2.45, 2.75) is 39.7 Å². The van der Waals surface area contributed by atoms with Crippen LogP contribution in [0.5, 0.6) is 0 Å². The second-order valence-electron chi connectivity index (χ2n) is 6.00. The molecule has 2 rings (SSSR count). The fourth-order valence-electron chi connectivity index (χ4n) is 2.69. The number of hydrogen-bond donors (Lipinski definition) is 1. The van der Waals surface area contributed by atoms with Crippen LogP contribution in [0, 0.1) is 5.41 Å². The molecular weight excluding hydrogens is 252 g/mol. The highest BCUT2D eigenvalue weighted by Gasteiger charge is 2.27. The van der Waals surface area contributed by atoms with Gasteiger partial charge < -0.3 is 5.73 Å². The molecule has 0 aromatic heterocycles. The first-order valence-electron chi connectivity index (χ1n) is 7.13. The fourth-order valence-corrected chi connectivity index (χ4v) is 2.81. The van der Waals surface area contributed by atoms with Crippen molar-refractivity contribution in [2.75, 3.05) is 13.1 Å². The number of nitrogens with two attached hydrogens (primary N) is 1. The molecule has 1 heterocycles. The van der Waals surface area contributed by atoms with Gasteiger partial charge in [-0.05, 0) is 43.0 Å². The predicted octanol–water partition coefficient (Wildman–Crippen LogP) is 3.33. The zero-order valence-electron chi connectivity index (χ0n) is 12.0. The van der Waals surface area contributed by atoms with E-state index in [1.54, 1.807) is 0 Å². The quantitative estimate of drug-likeness (QED) is 0.855. The first kappa shape index (κ1) is 14.5. The van der Waals surface area contributed by atoms with Crippen molar-refractivity contribution in [2.24, 2.45) is 11.1 Å². The standard InChI is InChI=1S/C16H24N2S/c1-3-16(2)7-9-18(10-8-16)12-13-5-4-6-14(11-13)15(17)19/h4-6,11H,3,7-10,12H2,1-2H3,(H2,17,19). The van der Waals surface area contributed by atoms with Crippen LogP contribution in [0.25, 0.3) is 0 Å². The third-order valence-corrected chi connectivity index (χ3v) is 4.77. The van der Waals surface area contributed by atoms with Crippen molar-refractivity contribution in [3.63, 3.8) is 0 Å². The highest BCUT2D eigenvalue weighted by Crippen LogP contribution is 2.34. The third kappa shape index (κ3) is 3.77. The second kappa shape index (κ2) is 6.02. The average Bonchev–Trinajstić information content (AvgIpc) is 2.42. The number of nitrogens with zero attached hydrogens (tertiary/aromatic N) is 1. The molecule has 1 aromatic rings. The molecule has 2 N–H and O–H groups in total. The summed E-state index contributed by atoms with van der Waals surface area (Å²) >= 11 is 5.04. The summed E-state index contributed by atoms with van der Waals surface area (Å²) in [6.45, 7) is 8.12. The molecule has 0 spiro atoms. The smallest absolute Gasteiger partial charge is 0.103 e. The first-order valence-corrected chi connectivity index (χ1v) is 7.54. The molecular formula is C16H24N2S. The van der Waals surface area contributed by atoms with Crippen molar-refractivity contribution in [3.8, 4) is 0 Å². The van der Waals surface area contributed by atoms with Gasteiger partial charge in [0.15, 0.2) is 0 Å². The molecule has 0 amide bonds. The van der Waals surface area contributed by atoms with Crippen LogP contribution in [-0.4, -0.2) is 23.0 Å². The van der Waals surface area contributed by atoms with E-state index in [1.807, 2.05) is 12.1 Å². The van der Waals surface area contributed by atoms with Gasteiger partial charge in [0.05, 0.1) is 0 Å². The largest absolute Gasteiger partial charge is 0.389 e. The minimum Gasteiger partial charge on any atom is -0.389 e. The van der Waals surface area contributed by atoms with Crippen LogP contribution >= 0.6 is 12.2 Å². The Balaban J connectivity index is 1.96. The van der Waals surface area contributed by atoms with Crippen molar-refractivity contribution in [1.82, 2.24) is 4.90 Å². The number of benzene rings is 1. The molecule has 2 nitrogen and oxygen atoms in total. The monoisotopic (exact) mass is 276 g/mol. The second-order valence-corrected chi connectivity index (χ2v) is 6.44. The lowest BCUT2D eigenvalue weighted by Gasteiger charge is -2.39. The van der Waals surface area contributed by atoms with Crippen molar-refractivity contribution in [3.05, 3.63) is 35.4 Å². The van der Waals surface area contributed by atoms with E-state index in [4.69, 9.17) is 18.0 Å². The van der Waals surface area contributed by atoms with E-state index in [2.05, 4.69) is 30.9 Å². The van der Waals surface area contributed by atoms with E-state index < -0.39 is 0 Å². The molecule has 0 aliphatic carbocycles. The molecule has 0 radical (unpaired) electrons. The molecule has 1 aromatic carbocycles. The summed E-state index contributed by atoms with van der Waals surface area (Å²) in [7, 11) is 0. The number of rotatable bonds is 4. The Bertz CT molecular complexity index is 448. The van der Waals surface area contributed by atoms with Gasteiger partial charge in [-0.2, -0.15) is 0 Å². The maximum Gasteiger partial charge on any atom is 0.103 e. The summed E-state index contributed by atoms with van der Waals surface area (Å²) in [6, 6.07) is 8.31. The maximum atomic E-state index is 5.69. The Morgan fingerprint density at radius 2 is 2.05 bits per heavy atom. The van der Waals surface area contributed by atoms with E-state index in [-0.39, 0.29) is 0 Å². The van der Waals surface area contributed by atoms with Gasteiger partial charge in [-0.15, -0.1) is 0 Å². The number of thiocarbonyl (C=S) groups is 1. The van der Waals surface area contributed by atoms with Crippen molar-refractivity contribution >= 4 is 17.2 Å². The molecule has 1 aliphatic heterocycles. The summed E-state index contributed by atoms with van der Waals surface area (Å²) in [5, 5.41) is 0. The molecule has 3 heteroatoms. The van der Waals surface area contributed by atoms with Gasteiger partial charge in [-0.1, -0.05) is 50.7 Å². The van der Waals surface area contributed by atoms with Crippen LogP contribution in [0.4, 0.5) is 0 Å². The van der Waals surface area contributed by atoms with Crippen LogP contribution in [-0.2, 0) is 6.54 Å². The van der Waals surface area contributed by atoms with Crippen molar-refractivity contribution < 1.29 is 0 Å². The molecule has 0 saturated carbocycles. The topological polar surface area (TPSA) is 29.3 Å². The van der Waals surface area contributed by atoms with E-state index in [0.717, 1.165) is 12.1 Å². The van der Waals surface area contributed by atoms with Gasteiger partial charge in [0, 0.05) is 12.1 Å². The lowest BCUT2D eigenvalue weighted by atomic mass is 9.78. The van der Waals surface area contributed by atoms with Gasteiger partial charge >= 0.3 is 0 Å². The Morgan fingerprint density at radius 1 is 1.37 bits per heavy atom. The number of piperidine rings is 1. The normalized spacial score (nSPS) is 19.3. The Kier molecular flexibility index (Phi) is 4.58. The van der Waals surface area contributed by atoms with Crippen molar-refractivity contribution in [1.29, 1.82) is 0 Å². The van der Waals surface area contributed by atoms with E-state index in [0.29, 0.717) is 10.4 Å². The van der Waals surface area contributed by atoms with Gasteiger partial charge in [-0.3, -0.25) is 4.90 Å². The summed E-state index contributed by atoms with van der Waals surface area (Å²) in [5.74, 6) is 0. The van der Waals surface area contributed by atoms with Crippen LogP contribution in [0.2, 0.25) is 0 Å². The third-order valence-electron chi connectivity index (χ3n) is 4.53. The van der Waals surface area contributed by atoms with Gasteiger partial charge in [-0.25, -0.2) is 0 Å². The molecule has 0 atom stereocenters. The van der Waals surface area contributed by atoms with E-state index >= 15 is 0 Å². The summed E-state index contributed by atoms with van der Waals surface area (Å²) in [4.78, 5) is 3.02. The van der Waals surface area contributed by atoms with Crippen LogP contribution in [0.1, 0.15) is 44.2 Å². The van der Waals surface area contributed by atoms with Crippen LogP contribution < -0.4 is 5.73 Å². The molecule has 104 valence electrons. The minimum atomic E-state index is 0.485. The van der Waals surface area contributed by atoms with Crippen LogP contribution in [0.15, 0.2) is 24.3 Å². The van der Waals surface area contributed by atoms with Gasteiger partial charge in [0.2, 0.25) is 0 Å². The Labute approximate surface area is 122 Å². The first-order chi connectivity index (χ1) is 9.02. The predicted molar refractivity (Wildman–Crippen MR) is 85.2 cm³/mol. The SMILES string of the molecule is CCC1(C)CCN(Cc2cccc(C(N)=S)c2)CC1. The average molecular weight is 276 g/mol. The molecule has 0 bridgehead atoms. The summed E-state index contributed by atoms with van der Waals surface area (Å²) in [5.41, 5.74) is 8.53. The van der Waals surface area contributed by atoms with E-state index in [1.165, 1.54) is 37.9 Å². The highest BCUT2D eigenvalue weighted by molar-refractivity contribution is 7.80. The lowest BCUT2D eigenvalue weighted by Crippen LogP contribution is -2.37. The van der Waals surface area contributed by atoms with Crippen LogP contribution in [0.3, 0.4) is 0 Å². The number of hydrogen-bond acceptors (Lipinski definition) is 2.